The summed E-state index contributed by atoms with van der Waals surface area (Å²) in [6.07, 6.45) is 8.33. The normalized spacial score (nSPS) is 9.27. The van der Waals surface area contributed by atoms with Crippen LogP contribution < -0.4 is 5.32 Å². The number of aromatic nitrogens is 1. The molecule has 0 bridgehead atoms. The van der Waals surface area contributed by atoms with Gasteiger partial charge in [0.15, 0.2) is 0 Å². The number of terminal acetylenes is 1. The second-order valence-electron chi connectivity index (χ2n) is 3.09. The third-order valence-corrected chi connectivity index (χ3v) is 1.99. The molecule has 15 heavy (non-hydrogen) atoms. The van der Waals surface area contributed by atoms with Crippen LogP contribution >= 0.6 is 0 Å². The van der Waals surface area contributed by atoms with Gasteiger partial charge in [0.2, 0.25) is 0 Å². The molecule has 2 nitrogen and oxygen atoms in total. The van der Waals surface area contributed by atoms with E-state index in [0.29, 0.717) is 0 Å². The summed E-state index contributed by atoms with van der Waals surface area (Å²) in [5.74, 6) is 0. The first kappa shape index (κ1) is 9.29. The van der Waals surface area contributed by atoms with Crippen LogP contribution in [-0.2, 0) is 0 Å². The molecule has 0 unspecified atom stereocenters. The highest BCUT2D eigenvalue weighted by Crippen LogP contribution is 2.32. The van der Waals surface area contributed by atoms with E-state index in [-0.39, 0.29) is 0 Å². The van der Waals surface area contributed by atoms with Gasteiger partial charge in [0, 0.05) is 12.2 Å². The summed E-state index contributed by atoms with van der Waals surface area (Å²) in [7, 11) is 0. The van der Waals surface area contributed by atoms with Crippen LogP contribution in [0.4, 0.5) is 5.69 Å². The Kier molecular flexibility index (Phi) is 2.66. The number of nitrogens with zero attached hydrogens (tertiary/aromatic N) is 1. The van der Waals surface area contributed by atoms with Gasteiger partial charge in [-0.15, -0.1) is 0 Å². The van der Waals surface area contributed by atoms with Crippen molar-refractivity contribution in [3.8, 4) is 23.6 Å². The second kappa shape index (κ2) is 4.30. The fourth-order valence-electron chi connectivity index (χ4n) is 1.20. The number of fused-ring (bicyclic) bond motifs is 1. The molecular formula is C13H10N2. The number of nitrogens with one attached hydrogen (secondary N) is 1. The zero-order chi connectivity index (χ0) is 10.5. The SMILES string of the molecule is C#CNc1cccnc1.c1cc2cc-2c1. The Balaban J connectivity index is 0.000000121. The zero-order valence-corrected chi connectivity index (χ0v) is 8.14. The van der Waals surface area contributed by atoms with Crippen molar-refractivity contribution in [1.29, 1.82) is 0 Å². The molecule has 0 radical (unpaired) electrons. The molecule has 2 aliphatic carbocycles. The molecule has 1 N–H and O–H groups in total. The molecule has 3 rings (SSSR count). The van der Waals surface area contributed by atoms with Crippen LogP contribution in [0.15, 0.2) is 48.8 Å². The molecule has 0 aromatic carbocycles. The molecule has 0 saturated heterocycles. The van der Waals surface area contributed by atoms with E-state index >= 15 is 0 Å². The molecule has 1 aromatic rings. The quantitative estimate of drug-likeness (QED) is 0.476. The van der Waals surface area contributed by atoms with Crippen LogP contribution in [0.2, 0.25) is 0 Å². The number of hydrogen-bond donors (Lipinski definition) is 1. The average molecular weight is 194 g/mol. The van der Waals surface area contributed by atoms with Crippen LogP contribution in [0.1, 0.15) is 0 Å². The van der Waals surface area contributed by atoms with Crippen LogP contribution in [0.5, 0.6) is 0 Å². The Labute approximate surface area is 89.0 Å². The Morgan fingerprint density at radius 2 is 1.93 bits per heavy atom. The van der Waals surface area contributed by atoms with Crippen LogP contribution in [-0.4, -0.2) is 4.98 Å². The lowest BCUT2D eigenvalue weighted by atomic mass is 10.4. The van der Waals surface area contributed by atoms with Gasteiger partial charge in [-0.05, 0) is 29.3 Å². The fourth-order valence-corrected chi connectivity index (χ4v) is 1.20. The molecule has 0 fully saturated rings. The number of rotatable bonds is 1. The van der Waals surface area contributed by atoms with Gasteiger partial charge >= 0.3 is 0 Å². The van der Waals surface area contributed by atoms with Crippen molar-refractivity contribution in [2.24, 2.45) is 0 Å². The van der Waals surface area contributed by atoms with Crippen LogP contribution in [0.25, 0.3) is 11.1 Å². The van der Waals surface area contributed by atoms with E-state index in [2.05, 4.69) is 40.6 Å². The summed E-state index contributed by atoms with van der Waals surface area (Å²) in [4.78, 5) is 3.85. The minimum absolute atomic E-state index is 0.847. The Hall–Kier alpha value is -2.27. The first-order chi connectivity index (χ1) is 7.40. The Morgan fingerprint density at radius 1 is 1.13 bits per heavy atom. The molecule has 1 heterocycles. The van der Waals surface area contributed by atoms with Crippen molar-refractivity contribution in [2.75, 3.05) is 5.32 Å². The standard InChI is InChI=1S/C7H6N2.C6H4/c1-2-9-7-4-3-5-8-6-7;1-2-5-4-6(5)3-1/h1,3-6,9H;1-4H. The van der Waals surface area contributed by atoms with Gasteiger partial charge in [0.05, 0.1) is 11.9 Å². The van der Waals surface area contributed by atoms with Gasteiger partial charge < -0.3 is 5.32 Å². The summed E-state index contributed by atoms with van der Waals surface area (Å²) < 4.78 is 0. The molecular weight excluding hydrogens is 184 g/mol. The van der Waals surface area contributed by atoms with Gasteiger partial charge in [0.1, 0.15) is 0 Å². The molecule has 1 aromatic heterocycles. The summed E-state index contributed by atoms with van der Waals surface area (Å²) in [6.45, 7) is 0. The molecule has 0 saturated carbocycles. The minimum atomic E-state index is 0.847. The monoisotopic (exact) mass is 194 g/mol. The lowest BCUT2D eigenvalue weighted by Gasteiger charge is -1.92. The summed E-state index contributed by atoms with van der Waals surface area (Å²) >= 11 is 0. The first-order valence-electron chi connectivity index (χ1n) is 4.62. The molecule has 0 amide bonds. The van der Waals surface area contributed by atoms with Crippen molar-refractivity contribution in [3.63, 3.8) is 0 Å². The lowest BCUT2D eigenvalue weighted by Crippen LogP contribution is -1.85. The third-order valence-electron chi connectivity index (χ3n) is 1.99. The van der Waals surface area contributed by atoms with E-state index in [0.717, 1.165) is 5.69 Å². The Morgan fingerprint density at radius 3 is 2.33 bits per heavy atom. The molecule has 2 aliphatic rings. The minimum Gasteiger partial charge on any atom is -0.314 e. The maximum Gasteiger partial charge on any atom is 0.0642 e. The lowest BCUT2D eigenvalue weighted by molar-refractivity contribution is 1.33. The van der Waals surface area contributed by atoms with Gasteiger partial charge in [-0.3, -0.25) is 4.98 Å². The average Bonchev–Trinajstić information content (AvgIpc) is 2.89. The van der Waals surface area contributed by atoms with E-state index < -0.39 is 0 Å². The maximum absolute atomic E-state index is 4.97. The highest BCUT2D eigenvalue weighted by atomic mass is 14.8. The molecule has 0 spiro atoms. The summed E-state index contributed by atoms with van der Waals surface area (Å²) in [5, 5.41) is 2.67. The van der Waals surface area contributed by atoms with Crippen LogP contribution in [0, 0.1) is 12.5 Å². The fraction of sp³-hybridized carbons (Fsp3) is 0. The van der Waals surface area contributed by atoms with Crippen molar-refractivity contribution >= 4 is 5.69 Å². The Bertz CT molecular complexity index is 466. The highest BCUT2D eigenvalue weighted by molar-refractivity contribution is 5.80. The predicted octanol–water partition coefficient (Wildman–Crippen LogP) is 2.75. The number of anilines is 1. The van der Waals surface area contributed by atoms with E-state index in [1.54, 1.807) is 12.4 Å². The van der Waals surface area contributed by atoms with E-state index in [1.807, 2.05) is 12.1 Å². The predicted molar refractivity (Wildman–Crippen MR) is 62.1 cm³/mol. The number of benzene rings is 1. The third kappa shape index (κ3) is 2.58. The van der Waals surface area contributed by atoms with Crippen LogP contribution in [0.3, 0.4) is 0 Å². The molecule has 2 heteroatoms. The smallest absolute Gasteiger partial charge is 0.0642 e. The summed E-state index contributed by atoms with van der Waals surface area (Å²) in [6, 6.07) is 14.4. The largest absolute Gasteiger partial charge is 0.314 e. The number of hydrogen-bond acceptors (Lipinski definition) is 2. The first-order valence-corrected chi connectivity index (χ1v) is 4.62. The van der Waals surface area contributed by atoms with E-state index in [9.17, 15) is 0 Å². The van der Waals surface area contributed by atoms with Gasteiger partial charge in [0.25, 0.3) is 0 Å². The van der Waals surface area contributed by atoms with Gasteiger partial charge in [-0.25, -0.2) is 0 Å². The van der Waals surface area contributed by atoms with E-state index in [4.69, 9.17) is 6.42 Å². The van der Waals surface area contributed by atoms with E-state index in [1.165, 1.54) is 11.1 Å². The van der Waals surface area contributed by atoms with Crippen molar-refractivity contribution in [2.45, 2.75) is 0 Å². The molecule has 0 atom stereocenters. The second-order valence-corrected chi connectivity index (χ2v) is 3.09. The van der Waals surface area contributed by atoms with Gasteiger partial charge in [-0.1, -0.05) is 24.6 Å². The highest BCUT2D eigenvalue weighted by Gasteiger charge is 2.06. The van der Waals surface area contributed by atoms with Crippen molar-refractivity contribution in [1.82, 2.24) is 4.98 Å². The van der Waals surface area contributed by atoms with Crippen molar-refractivity contribution in [3.05, 3.63) is 48.8 Å². The molecule has 72 valence electrons. The number of pyridine rings is 1. The van der Waals surface area contributed by atoms with Crippen molar-refractivity contribution < 1.29 is 0 Å². The van der Waals surface area contributed by atoms with Gasteiger partial charge in [-0.2, -0.15) is 0 Å². The summed E-state index contributed by atoms with van der Waals surface area (Å²) in [5.41, 5.74) is 3.70. The maximum atomic E-state index is 4.97. The zero-order valence-electron chi connectivity index (χ0n) is 8.14. The topological polar surface area (TPSA) is 24.9 Å². The molecule has 0 aliphatic heterocycles.